The van der Waals surface area contributed by atoms with Gasteiger partial charge in [0.1, 0.15) is 18.0 Å². The number of hydrogen-bond acceptors (Lipinski definition) is 7. The van der Waals surface area contributed by atoms with Gasteiger partial charge in [0, 0.05) is 56.2 Å². The molecule has 0 aromatic carbocycles. The molecule has 3 atom stereocenters. The monoisotopic (exact) mass is 413 g/mol. The Morgan fingerprint density at radius 2 is 2.03 bits per heavy atom. The van der Waals surface area contributed by atoms with Gasteiger partial charge in [-0.3, -0.25) is 9.59 Å². The summed E-state index contributed by atoms with van der Waals surface area (Å²) in [5.74, 6) is -0.203. The third-order valence-corrected chi connectivity index (χ3v) is 5.41. The number of aliphatic hydroxyl groups is 1. The molecule has 0 fully saturated rings. The molecular weight excluding hydrogens is 386 g/mol. The highest BCUT2D eigenvalue weighted by Crippen LogP contribution is 2.30. The first-order valence-corrected chi connectivity index (χ1v) is 9.87. The van der Waals surface area contributed by atoms with E-state index in [4.69, 9.17) is 4.74 Å². The van der Waals surface area contributed by atoms with Crippen LogP contribution in [0.15, 0.2) is 31.0 Å². The van der Waals surface area contributed by atoms with E-state index in [0.717, 1.165) is 5.56 Å². The fraction of sp³-hybridized carbons (Fsp3) is 0.476. The smallest absolute Gasteiger partial charge is 0.259 e. The van der Waals surface area contributed by atoms with Gasteiger partial charge in [0.25, 0.3) is 5.91 Å². The third kappa shape index (κ3) is 4.56. The Morgan fingerprint density at radius 3 is 2.67 bits per heavy atom. The lowest BCUT2D eigenvalue weighted by molar-refractivity contribution is -0.129. The van der Waals surface area contributed by atoms with Crippen molar-refractivity contribution in [3.63, 3.8) is 0 Å². The van der Waals surface area contributed by atoms with E-state index in [2.05, 4.69) is 15.0 Å². The Kier molecular flexibility index (Phi) is 6.61. The van der Waals surface area contributed by atoms with Gasteiger partial charge in [-0.15, -0.1) is 0 Å². The first-order chi connectivity index (χ1) is 14.3. The van der Waals surface area contributed by atoms with Gasteiger partial charge in [-0.2, -0.15) is 0 Å². The topological polar surface area (TPSA) is 109 Å². The summed E-state index contributed by atoms with van der Waals surface area (Å²) in [5, 5.41) is 9.71. The van der Waals surface area contributed by atoms with Crippen LogP contribution in [0.5, 0.6) is 5.88 Å². The number of aromatic nitrogens is 3. The van der Waals surface area contributed by atoms with Crippen molar-refractivity contribution in [2.75, 3.05) is 26.7 Å². The van der Waals surface area contributed by atoms with E-state index < -0.39 is 0 Å². The third-order valence-electron chi connectivity index (χ3n) is 5.41. The second-order valence-corrected chi connectivity index (χ2v) is 7.73. The standard InChI is InChI=1S/C21H27N5O4/c1-13-9-26(14(2)11-27)21(29)18-5-16(17-6-22-12-23-7-17)8-24-20(18)30-19(13)10-25(4)15(3)28/h5-8,12-14,19,27H,9-11H2,1-4H3/t13-,14+,19-/m0/s1. The molecule has 0 spiro atoms. The van der Waals surface area contributed by atoms with Gasteiger partial charge in [-0.25, -0.2) is 15.0 Å². The number of hydrogen-bond donors (Lipinski definition) is 1. The molecule has 0 radical (unpaired) electrons. The number of rotatable bonds is 5. The summed E-state index contributed by atoms with van der Waals surface area (Å²) in [7, 11) is 1.71. The molecule has 9 nitrogen and oxygen atoms in total. The molecule has 0 unspecified atom stereocenters. The summed E-state index contributed by atoms with van der Waals surface area (Å²) in [5.41, 5.74) is 1.72. The SMILES string of the molecule is CC(=O)N(C)C[C@@H]1Oc2ncc(-c3cncnc3)cc2C(=O)N([C@H](C)CO)C[C@@H]1C. The van der Waals surface area contributed by atoms with Crippen LogP contribution in [-0.2, 0) is 4.79 Å². The van der Waals surface area contributed by atoms with Crippen LogP contribution in [0, 0.1) is 5.92 Å². The summed E-state index contributed by atoms with van der Waals surface area (Å²) in [6.45, 7) is 5.84. The predicted octanol–water partition coefficient (Wildman–Crippen LogP) is 1.24. The second-order valence-electron chi connectivity index (χ2n) is 7.73. The average molecular weight is 413 g/mol. The lowest BCUT2D eigenvalue weighted by Crippen LogP contribution is -2.50. The normalized spacial score (nSPS) is 19.9. The van der Waals surface area contributed by atoms with Gasteiger partial charge in [-0.1, -0.05) is 6.92 Å². The van der Waals surface area contributed by atoms with Crippen molar-refractivity contribution < 1.29 is 19.4 Å². The molecule has 2 aromatic rings. The molecule has 0 bridgehead atoms. The second kappa shape index (κ2) is 9.17. The van der Waals surface area contributed by atoms with Crippen molar-refractivity contribution >= 4 is 11.8 Å². The Labute approximate surface area is 175 Å². The van der Waals surface area contributed by atoms with Crippen molar-refractivity contribution in [3.05, 3.63) is 36.5 Å². The quantitative estimate of drug-likeness (QED) is 0.785. The predicted molar refractivity (Wildman–Crippen MR) is 110 cm³/mol. The average Bonchev–Trinajstić information content (AvgIpc) is 2.75. The molecule has 0 saturated heterocycles. The number of carbonyl (C=O) groups excluding carboxylic acids is 2. The van der Waals surface area contributed by atoms with Crippen LogP contribution in [-0.4, -0.2) is 80.6 Å². The lowest BCUT2D eigenvalue weighted by atomic mass is 9.99. The van der Waals surface area contributed by atoms with Crippen LogP contribution in [0.4, 0.5) is 0 Å². The maximum atomic E-state index is 13.4. The molecule has 9 heteroatoms. The highest BCUT2D eigenvalue weighted by Gasteiger charge is 2.34. The summed E-state index contributed by atoms with van der Waals surface area (Å²) in [4.78, 5) is 40.8. The van der Waals surface area contributed by atoms with E-state index in [9.17, 15) is 14.7 Å². The minimum atomic E-state index is -0.374. The molecule has 0 aliphatic carbocycles. The molecule has 1 aliphatic heterocycles. The molecule has 2 amide bonds. The zero-order valence-electron chi connectivity index (χ0n) is 17.6. The van der Waals surface area contributed by atoms with Crippen molar-refractivity contribution in [3.8, 4) is 17.0 Å². The number of ether oxygens (including phenoxy) is 1. The fourth-order valence-electron chi connectivity index (χ4n) is 3.32. The van der Waals surface area contributed by atoms with Crippen LogP contribution in [0.1, 0.15) is 31.1 Å². The fourth-order valence-corrected chi connectivity index (χ4v) is 3.32. The molecule has 30 heavy (non-hydrogen) atoms. The number of amides is 2. The highest BCUT2D eigenvalue weighted by atomic mass is 16.5. The van der Waals surface area contributed by atoms with Crippen molar-refractivity contribution in [2.45, 2.75) is 32.9 Å². The maximum absolute atomic E-state index is 13.4. The van der Waals surface area contributed by atoms with Gasteiger partial charge in [0.2, 0.25) is 11.8 Å². The zero-order chi connectivity index (χ0) is 21.8. The van der Waals surface area contributed by atoms with Crippen LogP contribution in [0.3, 0.4) is 0 Å². The summed E-state index contributed by atoms with van der Waals surface area (Å²) < 4.78 is 6.15. The summed E-state index contributed by atoms with van der Waals surface area (Å²) in [6, 6.07) is 1.34. The number of likely N-dealkylation sites (N-methyl/N-ethyl adjacent to an activating group) is 1. The molecule has 2 aromatic heterocycles. The van der Waals surface area contributed by atoms with Gasteiger partial charge >= 0.3 is 0 Å². The summed E-state index contributed by atoms with van der Waals surface area (Å²) in [6.07, 6.45) is 5.97. The number of carbonyl (C=O) groups is 2. The van der Waals surface area contributed by atoms with Crippen LogP contribution in [0.2, 0.25) is 0 Å². The Hall–Kier alpha value is -3.07. The highest BCUT2D eigenvalue weighted by molar-refractivity contribution is 5.98. The molecule has 1 aliphatic rings. The molecule has 3 rings (SSSR count). The van der Waals surface area contributed by atoms with Gasteiger partial charge < -0.3 is 19.6 Å². The molecule has 0 saturated carbocycles. The number of nitrogens with zero attached hydrogens (tertiary/aromatic N) is 5. The van der Waals surface area contributed by atoms with E-state index in [1.165, 1.54) is 13.3 Å². The Balaban J connectivity index is 2.05. The van der Waals surface area contributed by atoms with E-state index in [1.807, 2.05) is 6.92 Å². The number of fused-ring (bicyclic) bond motifs is 1. The summed E-state index contributed by atoms with van der Waals surface area (Å²) >= 11 is 0. The van der Waals surface area contributed by atoms with E-state index >= 15 is 0 Å². The molecular formula is C21H27N5O4. The maximum Gasteiger partial charge on any atom is 0.259 e. The van der Waals surface area contributed by atoms with Crippen molar-refractivity contribution in [2.24, 2.45) is 5.92 Å². The number of aliphatic hydroxyl groups excluding tert-OH is 1. The van der Waals surface area contributed by atoms with Gasteiger partial charge in [0.05, 0.1) is 19.2 Å². The van der Waals surface area contributed by atoms with Crippen molar-refractivity contribution in [1.29, 1.82) is 0 Å². The minimum absolute atomic E-state index is 0.0721. The van der Waals surface area contributed by atoms with Gasteiger partial charge in [-0.05, 0) is 13.0 Å². The lowest BCUT2D eigenvalue weighted by Gasteiger charge is -2.37. The largest absolute Gasteiger partial charge is 0.472 e. The first kappa shape index (κ1) is 21.6. The van der Waals surface area contributed by atoms with E-state index in [1.54, 1.807) is 48.4 Å². The zero-order valence-corrected chi connectivity index (χ0v) is 17.6. The van der Waals surface area contributed by atoms with E-state index in [0.29, 0.717) is 24.2 Å². The van der Waals surface area contributed by atoms with Gasteiger partial charge in [0.15, 0.2) is 0 Å². The molecule has 1 N–H and O–H groups in total. The Morgan fingerprint density at radius 1 is 1.33 bits per heavy atom. The van der Waals surface area contributed by atoms with Crippen LogP contribution in [0.25, 0.3) is 11.1 Å². The van der Waals surface area contributed by atoms with E-state index in [-0.39, 0.29) is 42.4 Å². The molecule has 3 heterocycles. The van der Waals surface area contributed by atoms with Crippen LogP contribution >= 0.6 is 0 Å². The minimum Gasteiger partial charge on any atom is -0.472 e. The van der Waals surface area contributed by atoms with Crippen LogP contribution < -0.4 is 4.74 Å². The molecule has 160 valence electrons. The number of pyridine rings is 1. The first-order valence-electron chi connectivity index (χ1n) is 9.87. The Bertz CT molecular complexity index is 908. The van der Waals surface area contributed by atoms with Crippen molar-refractivity contribution in [1.82, 2.24) is 24.8 Å².